The van der Waals surface area contributed by atoms with Crippen LogP contribution in [0.5, 0.6) is 5.75 Å². The van der Waals surface area contributed by atoms with Crippen LogP contribution >= 0.6 is 0 Å². The van der Waals surface area contributed by atoms with Crippen molar-refractivity contribution in [3.05, 3.63) is 61.2 Å². The quantitative estimate of drug-likeness (QED) is 0.585. The number of hydrogen-bond acceptors (Lipinski definition) is 6. The molecule has 0 saturated carbocycles. The normalized spacial score (nSPS) is 11.3. The van der Waals surface area contributed by atoms with Gasteiger partial charge in [-0.05, 0) is 36.4 Å². The molecule has 2 aromatic heterocycles. The third kappa shape index (κ3) is 5.03. The van der Waals surface area contributed by atoms with Gasteiger partial charge in [-0.25, -0.2) is 9.97 Å². The number of hydrogen-bond donors (Lipinski definition) is 2. The minimum atomic E-state index is -4.55. The van der Waals surface area contributed by atoms with Crippen molar-refractivity contribution in [3.8, 4) is 5.75 Å². The Balaban J connectivity index is 1.60. The first-order valence-electron chi connectivity index (χ1n) is 7.63. The van der Waals surface area contributed by atoms with Crippen molar-refractivity contribution in [1.82, 2.24) is 15.0 Å². The molecule has 2 N–H and O–H groups in total. The van der Waals surface area contributed by atoms with E-state index in [1.807, 2.05) is 0 Å². The van der Waals surface area contributed by atoms with Crippen LogP contribution in [0.4, 0.5) is 40.6 Å². The number of alkyl halides is 4. The SMILES string of the molecule is FC(F)C(F)(F)Oc1ccc(Nc2ncc(Nc3ccncc3)cn2)cc1. The molecule has 140 valence electrons. The smallest absolute Gasteiger partial charge is 0.428 e. The summed E-state index contributed by atoms with van der Waals surface area (Å²) >= 11 is 0. The van der Waals surface area contributed by atoms with Crippen LogP contribution in [0.15, 0.2) is 61.2 Å². The number of benzene rings is 1. The molecule has 0 amide bonds. The molecule has 1 aromatic carbocycles. The maximum Gasteiger partial charge on any atom is 0.461 e. The lowest BCUT2D eigenvalue weighted by Gasteiger charge is -2.16. The lowest BCUT2D eigenvalue weighted by molar-refractivity contribution is -0.253. The second-order valence-corrected chi connectivity index (χ2v) is 5.27. The van der Waals surface area contributed by atoms with Crippen molar-refractivity contribution in [3.63, 3.8) is 0 Å². The summed E-state index contributed by atoms with van der Waals surface area (Å²) in [4.78, 5) is 12.2. The highest BCUT2D eigenvalue weighted by atomic mass is 19.3. The van der Waals surface area contributed by atoms with E-state index < -0.39 is 12.5 Å². The van der Waals surface area contributed by atoms with E-state index in [4.69, 9.17) is 0 Å². The first-order valence-corrected chi connectivity index (χ1v) is 7.63. The van der Waals surface area contributed by atoms with Gasteiger partial charge < -0.3 is 15.4 Å². The summed E-state index contributed by atoms with van der Waals surface area (Å²) in [6.45, 7) is 0. The first-order chi connectivity index (χ1) is 12.9. The van der Waals surface area contributed by atoms with Crippen LogP contribution in [0, 0.1) is 0 Å². The largest absolute Gasteiger partial charge is 0.461 e. The van der Waals surface area contributed by atoms with E-state index >= 15 is 0 Å². The molecule has 0 atom stereocenters. The Bertz CT molecular complexity index is 861. The first kappa shape index (κ1) is 18.4. The Morgan fingerprint density at radius 1 is 0.815 bits per heavy atom. The number of nitrogens with zero attached hydrogens (tertiary/aromatic N) is 3. The predicted molar refractivity (Wildman–Crippen MR) is 90.9 cm³/mol. The van der Waals surface area contributed by atoms with Crippen molar-refractivity contribution in [1.29, 1.82) is 0 Å². The fourth-order valence-electron chi connectivity index (χ4n) is 2.00. The summed E-state index contributed by atoms with van der Waals surface area (Å²) in [7, 11) is 0. The fourth-order valence-corrected chi connectivity index (χ4v) is 2.00. The molecule has 0 fully saturated rings. The number of rotatable bonds is 7. The number of nitrogens with one attached hydrogen (secondary N) is 2. The number of ether oxygens (including phenoxy) is 1. The average molecular weight is 379 g/mol. The van der Waals surface area contributed by atoms with Crippen LogP contribution < -0.4 is 15.4 Å². The zero-order valence-electron chi connectivity index (χ0n) is 13.6. The molecule has 0 bridgehead atoms. The van der Waals surface area contributed by atoms with Gasteiger partial charge in [0.1, 0.15) is 5.75 Å². The molecule has 0 aliphatic heterocycles. The minimum absolute atomic E-state index is 0.266. The molecular weight excluding hydrogens is 366 g/mol. The summed E-state index contributed by atoms with van der Waals surface area (Å²) in [6, 6.07) is 8.60. The van der Waals surface area contributed by atoms with Crippen LogP contribution in [-0.4, -0.2) is 27.5 Å². The topological polar surface area (TPSA) is 72.0 Å². The van der Waals surface area contributed by atoms with Crippen LogP contribution in [-0.2, 0) is 0 Å². The molecular formula is C17H13F4N5O. The maximum atomic E-state index is 12.9. The monoisotopic (exact) mass is 379 g/mol. The summed E-state index contributed by atoms with van der Waals surface area (Å²) in [5, 5.41) is 5.95. The van der Waals surface area contributed by atoms with Gasteiger partial charge in [0.15, 0.2) is 0 Å². The van der Waals surface area contributed by atoms with Gasteiger partial charge >= 0.3 is 12.5 Å². The fraction of sp³-hybridized carbons (Fsp3) is 0.118. The Kier molecular flexibility index (Phi) is 5.34. The van der Waals surface area contributed by atoms with Crippen LogP contribution in [0.2, 0.25) is 0 Å². The van der Waals surface area contributed by atoms with Crippen LogP contribution in [0.1, 0.15) is 0 Å². The lowest BCUT2D eigenvalue weighted by atomic mass is 10.3. The summed E-state index contributed by atoms with van der Waals surface area (Å²) in [5.41, 5.74) is 1.95. The third-order valence-corrected chi connectivity index (χ3v) is 3.24. The van der Waals surface area contributed by atoms with Crippen LogP contribution in [0.25, 0.3) is 0 Å². The Morgan fingerprint density at radius 2 is 1.41 bits per heavy atom. The van der Waals surface area contributed by atoms with Gasteiger partial charge in [0.25, 0.3) is 0 Å². The van der Waals surface area contributed by atoms with Gasteiger partial charge in [-0.3, -0.25) is 4.98 Å². The van der Waals surface area contributed by atoms with Crippen molar-refractivity contribution in [2.24, 2.45) is 0 Å². The van der Waals surface area contributed by atoms with Gasteiger partial charge in [0, 0.05) is 23.8 Å². The van der Waals surface area contributed by atoms with Crippen LogP contribution in [0.3, 0.4) is 0 Å². The Labute approximate surface area is 151 Å². The summed E-state index contributed by atoms with van der Waals surface area (Å²) < 4.78 is 53.9. The molecule has 0 unspecified atom stereocenters. The molecule has 6 nitrogen and oxygen atoms in total. The molecule has 0 saturated heterocycles. The average Bonchev–Trinajstić information content (AvgIpc) is 2.65. The molecule has 0 spiro atoms. The minimum Gasteiger partial charge on any atom is -0.428 e. The highest BCUT2D eigenvalue weighted by Gasteiger charge is 2.43. The van der Waals surface area contributed by atoms with Gasteiger partial charge in [-0.1, -0.05) is 0 Å². The number of aromatic nitrogens is 3. The van der Waals surface area contributed by atoms with E-state index in [-0.39, 0.29) is 11.7 Å². The highest BCUT2D eigenvalue weighted by molar-refractivity contribution is 5.59. The zero-order chi connectivity index (χ0) is 19.3. The van der Waals surface area contributed by atoms with Gasteiger partial charge in [0.2, 0.25) is 5.95 Å². The molecule has 0 aliphatic rings. The highest BCUT2D eigenvalue weighted by Crippen LogP contribution is 2.28. The van der Waals surface area contributed by atoms with Gasteiger partial charge in [-0.15, -0.1) is 0 Å². The third-order valence-electron chi connectivity index (χ3n) is 3.24. The van der Waals surface area contributed by atoms with E-state index in [2.05, 4.69) is 30.3 Å². The van der Waals surface area contributed by atoms with Crippen molar-refractivity contribution < 1.29 is 22.3 Å². The van der Waals surface area contributed by atoms with E-state index in [0.717, 1.165) is 17.8 Å². The molecule has 3 aromatic rings. The standard InChI is InChI=1S/C17H13F4N5O/c18-15(19)17(20,21)27-14-3-1-11(2-4-14)26-16-23-9-13(10-24-16)25-12-5-7-22-8-6-12/h1-10,15H,(H,22,25)(H,23,24,26). The molecule has 27 heavy (non-hydrogen) atoms. The van der Waals surface area contributed by atoms with Gasteiger partial charge in [0.05, 0.1) is 18.1 Å². The summed E-state index contributed by atoms with van der Waals surface area (Å²) in [6.07, 6.45) is -2.07. The summed E-state index contributed by atoms with van der Waals surface area (Å²) in [5.74, 6) is -0.120. The van der Waals surface area contributed by atoms with E-state index in [9.17, 15) is 17.6 Å². The Morgan fingerprint density at radius 3 is 2.00 bits per heavy atom. The number of pyridine rings is 1. The molecule has 3 rings (SSSR count). The van der Waals surface area contributed by atoms with Crippen molar-refractivity contribution in [2.45, 2.75) is 12.5 Å². The Hall–Kier alpha value is -3.43. The van der Waals surface area contributed by atoms with Crippen molar-refractivity contribution in [2.75, 3.05) is 10.6 Å². The second-order valence-electron chi connectivity index (χ2n) is 5.27. The predicted octanol–water partition coefficient (Wildman–Crippen LogP) is 4.60. The zero-order valence-corrected chi connectivity index (χ0v) is 13.6. The van der Waals surface area contributed by atoms with E-state index in [1.165, 1.54) is 12.1 Å². The number of anilines is 4. The van der Waals surface area contributed by atoms with Crippen molar-refractivity contribution >= 4 is 23.0 Å². The molecule has 0 aliphatic carbocycles. The van der Waals surface area contributed by atoms with E-state index in [1.54, 1.807) is 36.9 Å². The number of halogens is 4. The van der Waals surface area contributed by atoms with Gasteiger partial charge in [-0.2, -0.15) is 17.6 Å². The molecule has 0 radical (unpaired) electrons. The second kappa shape index (κ2) is 7.85. The molecule has 2 heterocycles. The maximum absolute atomic E-state index is 12.9. The lowest BCUT2D eigenvalue weighted by Crippen LogP contribution is -2.33. The molecule has 10 heteroatoms. The van der Waals surface area contributed by atoms with E-state index in [0.29, 0.717) is 11.4 Å².